The molecule has 160 valence electrons. The number of nitrogens with zero attached hydrogens (tertiary/aromatic N) is 4. The van der Waals surface area contributed by atoms with E-state index in [0.29, 0.717) is 35.4 Å². The second-order valence-electron chi connectivity index (χ2n) is 7.20. The molecule has 1 amide bonds. The molecule has 8 heteroatoms. The second-order valence-corrected chi connectivity index (χ2v) is 7.64. The molecule has 2 aromatic heterocycles. The first kappa shape index (κ1) is 21.3. The molecule has 0 aliphatic heterocycles. The van der Waals surface area contributed by atoms with Gasteiger partial charge in [0.2, 0.25) is 5.91 Å². The zero-order valence-electron chi connectivity index (χ0n) is 17.4. The Bertz CT molecular complexity index is 1310. The molecule has 0 saturated carbocycles. The van der Waals surface area contributed by atoms with E-state index in [0.717, 1.165) is 16.5 Å². The average molecular weight is 446 g/mol. The number of carbonyl (C=O) groups is 1. The minimum absolute atomic E-state index is 0.230. The lowest BCUT2D eigenvalue weighted by Gasteiger charge is -2.11. The van der Waals surface area contributed by atoms with Gasteiger partial charge in [-0.05, 0) is 55.3 Å². The SMILES string of the molecule is Cc1cc(-n2ncc(C#N)c2NC(=O)CCCOc2ccc(Cl)cc2)nc2ccccc12. The molecular weight excluding hydrogens is 426 g/mol. The van der Waals surface area contributed by atoms with Crippen molar-refractivity contribution in [3.05, 3.63) is 76.9 Å². The van der Waals surface area contributed by atoms with Gasteiger partial charge < -0.3 is 10.1 Å². The number of amides is 1. The number of aromatic nitrogens is 3. The Labute approximate surface area is 190 Å². The summed E-state index contributed by atoms with van der Waals surface area (Å²) in [6, 6.07) is 18.8. The van der Waals surface area contributed by atoms with E-state index in [1.54, 1.807) is 24.3 Å². The molecule has 0 unspecified atom stereocenters. The summed E-state index contributed by atoms with van der Waals surface area (Å²) in [5.74, 6) is 1.29. The fourth-order valence-corrected chi connectivity index (χ4v) is 3.44. The summed E-state index contributed by atoms with van der Waals surface area (Å²) in [5.41, 5.74) is 2.10. The van der Waals surface area contributed by atoms with Crippen LogP contribution in [0.25, 0.3) is 16.7 Å². The summed E-state index contributed by atoms with van der Waals surface area (Å²) in [6.07, 6.45) is 2.16. The Balaban J connectivity index is 1.46. The minimum Gasteiger partial charge on any atom is -0.494 e. The van der Waals surface area contributed by atoms with Crippen LogP contribution in [0.2, 0.25) is 5.02 Å². The predicted octanol–water partition coefficient (Wildman–Crippen LogP) is 5.05. The van der Waals surface area contributed by atoms with Crippen molar-refractivity contribution in [2.45, 2.75) is 19.8 Å². The number of hydrogen-bond donors (Lipinski definition) is 1. The maximum absolute atomic E-state index is 12.5. The van der Waals surface area contributed by atoms with E-state index in [4.69, 9.17) is 16.3 Å². The zero-order valence-corrected chi connectivity index (χ0v) is 18.1. The van der Waals surface area contributed by atoms with Crippen molar-refractivity contribution in [3.8, 4) is 17.6 Å². The Morgan fingerprint density at radius 3 is 2.78 bits per heavy atom. The lowest BCUT2D eigenvalue weighted by Crippen LogP contribution is -2.17. The van der Waals surface area contributed by atoms with Crippen LogP contribution in [-0.2, 0) is 4.79 Å². The number of ether oxygens (including phenoxy) is 1. The fourth-order valence-electron chi connectivity index (χ4n) is 3.31. The third-order valence-electron chi connectivity index (χ3n) is 4.90. The summed E-state index contributed by atoms with van der Waals surface area (Å²) in [7, 11) is 0. The number of carbonyl (C=O) groups excluding carboxylic acids is 1. The molecule has 0 atom stereocenters. The van der Waals surface area contributed by atoms with Crippen molar-refractivity contribution in [2.24, 2.45) is 0 Å². The van der Waals surface area contributed by atoms with Crippen LogP contribution in [0, 0.1) is 18.3 Å². The van der Waals surface area contributed by atoms with E-state index in [-0.39, 0.29) is 17.9 Å². The van der Waals surface area contributed by atoms with Crippen molar-refractivity contribution in [2.75, 3.05) is 11.9 Å². The lowest BCUT2D eigenvalue weighted by atomic mass is 10.1. The number of halogens is 1. The molecule has 7 nitrogen and oxygen atoms in total. The van der Waals surface area contributed by atoms with Gasteiger partial charge in [-0.25, -0.2) is 4.98 Å². The largest absolute Gasteiger partial charge is 0.494 e. The standard InChI is InChI=1S/C24H20ClN5O2/c1-16-13-22(28-21-6-3-2-5-20(16)21)30-24(17(14-26)15-27-30)29-23(31)7-4-12-32-19-10-8-18(25)9-11-19/h2-3,5-6,8-11,13,15H,4,7,12H2,1H3,(H,29,31). The highest BCUT2D eigenvalue weighted by molar-refractivity contribution is 6.30. The van der Waals surface area contributed by atoms with Crippen LogP contribution in [0.3, 0.4) is 0 Å². The maximum atomic E-state index is 12.5. The Morgan fingerprint density at radius 1 is 1.22 bits per heavy atom. The summed E-state index contributed by atoms with van der Waals surface area (Å²) in [6.45, 7) is 2.37. The third-order valence-corrected chi connectivity index (χ3v) is 5.16. The van der Waals surface area contributed by atoms with Crippen LogP contribution in [0.5, 0.6) is 5.75 Å². The molecule has 32 heavy (non-hydrogen) atoms. The number of para-hydroxylation sites is 1. The fraction of sp³-hybridized carbons (Fsp3) is 0.167. The molecule has 0 spiro atoms. The first-order chi connectivity index (χ1) is 15.5. The highest BCUT2D eigenvalue weighted by atomic mass is 35.5. The van der Waals surface area contributed by atoms with Crippen molar-refractivity contribution in [3.63, 3.8) is 0 Å². The van der Waals surface area contributed by atoms with E-state index >= 15 is 0 Å². The maximum Gasteiger partial charge on any atom is 0.225 e. The van der Waals surface area contributed by atoms with Gasteiger partial charge in [-0.2, -0.15) is 15.0 Å². The van der Waals surface area contributed by atoms with Crippen LogP contribution in [0.1, 0.15) is 24.0 Å². The number of rotatable bonds is 7. The normalized spacial score (nSPS) is 10.7. The number of nitrogens with one attached hydrogen (secondary N) is 1. The van der Waals surface area contributed by atoms with E-state index in [2.05, 4.69) is 21.5 Å². The topological polar surface area (TPSA) is 92.8 Å². The Hall–Kier alpha value is -3.89. The molecule has 0 radical (unpaired) electrons. The Morgan fingerprint density at radius 2 is 2.00 bits per heavy atom. The molecule has 2 aromatic carbocycles. The molecule has 0 saturated heterocycles. The van der Waals surface area contributed by atoms with E-state index < -0.39 is 0 Å². The van der Waals surface area contributed by atoms with Crippen LogP contribution in [-0.4, -0.2) is 27.3 Å². The van der Waals surface area contributed by atoms with Crippen molar-refractivity contribution >= 4 is 34.2 Å². The van der Waals surface area contributed by atoms with Gasteiger partial charge in [0.15, 0.2) is 11.6 Å². The zero-order chi connectivity index (χ0) is 22.5. The summed E-state index contributed by atoms with van der Waals surface area (Å²) in [4.78, 5) is 17.2. The molecule has 0 aliphatic carbocycles. The number of fused-ring (bicyclic) bond motifs is 1. The molecule has 1 N–H and O–H groups in total. The summed E-state index contributed by atoms with van der Waals surface area (Å²) >= 11 is 5.86. The Kier molecular flexibility index (Phi) is 6.34. The highest BCUT2D eigenvalue weighted by Crippen LogP contribution is 2.24. The smallest absolute Gasteiger partial charge is 0.225 e. The highest BCUT2D eigenvalue weighted by Gasteiger charge is 2.17. The van der Waals surface area contributed by atoms with Gasteiger partial charge in [-0.1, -0.05) is 29.8 Å². The molecule has 4 aromatic rings. The van der Waals surface area contributed by atoms with Crippen LogP contribution < -0.4 is 10.1 Å². The first-order valence-corrected chi connectivity index (χ1v) is 10.5. The monoisotopic (exact) mass is 445 g/mol. The van der Waals surface area contributed by atoms with Crippen LogP contribution >= 0.6 is 11.6 Å². The third kappa shape index (κ3) is 4.71. The number of hydrogen-bond acceptors (Lipinski definition) is 5. The minimum atomic E-state index is -0.236. The second kappa shape index (κ2) is 9.50. The van der Waals surface area contributed by atoms with E-state index in [1.807, 2.05) is 37.3 Å². The summed E-state index contributed by atoms with van der Waals surface area (Å²) in [5, 5.41) is 18.2. The average Bonchev–Trinajstić information content (AvgIpc) is 3.20. The number of aryl methyl sites for hydroxylation is 1. The molecular formula is C24H20ClN5O2. The number of anilines is 1. The van der Waals surface area contributed by atoms with Gasteiger partial charge in [-0.3, -0.25) is 4.79 Å². The van der Waals surface area contributed by atoms with Gasteiger partial charge in [0.05, 0.1) is 18.3 Å². The molecule has 4 rings (SSSR count). The van der Waals surface area contributed by atoms with Gasteiger partial charge in [0.25, 0.3) is 0 Å². The molecule has 0 bridgehead atoms. The van der Waals surface area contributed by atoms with E-state index in [9.17, 15) is 10.1 Å². The first-order valence-electron chi connectivity index (χ1n) is 10.1. The number of nitriles is 1. The molecule has 2 heterocycles. The molecule has 0 fully saturated rings. The van der Waals surface area contributed by atoms with Crippen LogP contribution in [0.15, 0.2) is 60.8 Å². The van der Waals surface area contributed by atoms with Gasteiger partial charge in [0, 0.05) is 16.8 Å². The lowest BCUT2D eigenvalue weighted by molar-refractivity contribution is -0.116. The van der Waals surface area contributed by atoms with Gasteiger partial charge in [-0.15, -0.1) is 0 Å². The van der Waals surface area contributed by atoms with Crippen LogP contribution in [0.4, 0.5) is 5.82 Å². The summed E-state index contributed by atoms with van der Waals surface area (Å²) < 4.78 is 7.11. The van der Waals surface area contributed by atoms with Crippen molar-refractivity contribution < 1.29 is 9.53 Å². The van der Waals surface area contributed by atoms with Crippen molar-refractivity contribution in [1.29, 1.82) is 5.26 Å². The number of benzene rings is 2. The predicted molar refractivity (Wildman–Crippen MR) is 123 cm³/mol. The van der Waals surface area contributed by atoms with Gasteiger partial charge in [0.1, 0.15) is 17.4 Å². The molecule has 0 aliphatic rings. The number of pyridine rings is 1. The van der Waals surface area contributed by atoms with E-state index in [1.165, 1.54) is 10.9 Å². The van der Waals surface area contributed by atoms with Gasteiger partial charge >= 0.3 is 0 Å². The van der Waals surface area contributed by atoms with Crippen molar-refractivity contribution in [1.82, 2.24) is 14.8 Å². The quantitative estimate of drug-likeness (QED) is 0.402.